The zero-order chi connectivity index (χ0) is 21.4. The van der Waals surface area contributed by atoms with Crippen molar-refractivity contribution < 1.29 is 17.9 Å². The van der Waals surface area contributed by atoms with Crippen LogP contribution in [0.3, 0.4) is 0 Å². The van der Waals surface area contributed by atoms with Gasteiger partial charge in [-0.25, -0.2) is 8.42 Å². The number of piperidine rings is 1. The summed E-state index contributed by atoms with van der Waals surface area (Å²) in [5.74, 6) is -0.0963. The second-order valence-electron chi connectivity index (χ2n) is 8.02. The van der Waals surface area contributed by atoms with E-state index in [2.05, 4.69) is 12.2 Å². The molecular weight excluding hydrogens is 388 g/mol. The molecule has 1 aliphatic rings. The molecule has 2 rings (SSSR count). The van der Waals surface area contributed by atoms with Crippen LogP contribution >= 0.6 is 0 Å². The smallest absolute Gasteiger partial charge is 0.243 e. The van der Waals surface area contributed by atoms with Gasteiger partial charge < -0.3 is 10.1 Å². The summed E-state index contributed by atoms with van der Waals surface area (Å²) in [6.07, 6.45) is 4.10. The van der Waals surface area contributed by atoms with E-state index in [9.17, 15) is 13.2 Å². The molecule has 164 valence electrons. The Morgan fingerprint density at radius 3 is 2.28 bits per heavy atom. The van der Waals surface area contributed by atoms with E-state index < -0.39 is 10.0 Å². The number of carbonyl (C=O) groups is 1. The maximum Gasteiger partial charge on any atom is 0.243 e. The van der Waals surface area contributed by atoms with Gasteiger partial charge in [0.05, 0.1) is 4.90 Å². The van der Waals surface area contributed by atoms with E-state index >= 15 is 0 Å². The average molecular weight is 425 g/mol. The number of nitrogens with one attached hydrogen (secondary N) is 1. The Balaban J connectivity index is 1.83. The number of benzene rings is 1. The molecule has 1 fully saturated rings. The zero-order valence-corrected chi connectivity index (χ0v) is 19.1. The fourth-order valence-electron chi connectivity index (χ4n) is 3.94. The van der Waals surface area contributed by atoms with Gasteiger partial charge in [-0.05, 0) is 57.6 Å². The number of carbonyl (C=O) groups excluding carboxylic acids is 1. The summed E-state index contributed by atoms with van der Waals surface area (Å²) in [7, 11) is -3.54. The lowest BCUT2D eigenvalue weighted by molar-refractivity contribution is -0.126. The van der Waals surface area contributed by atoms with Crippen LogP contribution in [0, 0.1) is 26.7 Å². The van der Waals surface area contributed by atoms with E-state index in [1.807, 2.05) is 32.9 Å². The molecule has 1 aromatic carbocycles. The van der Waals surface area contributed by atoms with Crippen LogP contribution in [0.5, 0.6) is 0 Å². The maximum atomic E-state index is 13.1. The number of rotatable bonds is 10. The van der Waals surface area contributed by atoms with Crippen LogP contribution in [0.4, 0.5) is 0 Å². The van der Waals surface area contributed by atoms with Gasteiger partial charge >= 0.3 is 0 Å². The second kappa shape index (κ2) is 11.1. The molecule has 0 spiro atoms. The molecule has 0 aliphatic carbocycles. The summed E-state index contributed by atoms with van der Waals surface area (Å²) < 4.78 is 33.3. The Bertz CT molecular complexity index is 761. The molecule has 1 saturated heterocycles. The number of hydrogen-bond donors (Lipinski definition) is 1. The fourth-order valence-corrected chi connectivity index (χ4v) is 5.82. The Morgan fingerprint density at radius 1 is 1.10 bits per heavy atom. The molecule has 0 saturated carbocycles. The van der Waals surface area contributed by atoms with E-state index in [0.29, 0.717) is 44.0 Å². The third-order valence-electron chi connectivity index (χ3n) is 5.43. The van der Waals surface area contributed by atoms with E-state index in [-0.39, 0.29) is 11.8 Å². The topological polar surface area (TPSA) is 75.7 Å². The summed E-state index contributed by atoms with van der Waals surface area (Å²) in [6, 6.07) is 3.82. The number of sulfonamides is 1. The lowest BCUT2D eigenvalue weighted by Crippen LogP contribution is -2.43. The average Bonchev–Trinajstić information content (AvgIpc) is 2.66. The molecule has 0 aromatic heterocycles. The predicted molar refractivity (Wildman–Crippen MR) is 115 cm³/mol. The molecule has 6 nitrogen and oxygen atoms in total. The van der Waals surface area contributed by atoms with Crippen LogP contribution in [0.25, 0.3) is 0 Å². The second-order valence-corrected chi connectivity index (χ2v) is 9.89. The molecule has 0 radical (unpaired) electrons. The normalized spacial score (nSPS) is 16.1. The van der Waals surface area contributed by atoms with Crippen molar-refractivity contribution in [2.24, 2.45) is 5.92 Å². The molecule has 1 amide bonds. The van der Waals surface area contributed by atoms with Gasteiger partial charge in [-0.1, -0.05) is 31.0 Å². The van der Waals surface area contributed by atoms with Crippen LogP contribution in [-0.4, -0.2) is 51.5 Å². The molecular formula is C22H36N2O4S. The van der Waals surface area contributed by atoms with Gasteiger partial charge in [-0.3, -0.25) is 4.79 Å². The van der Waals surface area contributed by atoms with E-state index in [1.165, 1.54) is 4.31 Å². The van der Waals surface area contributed by atoms with Crippen molar-refractivity contribution in [2.75, 3.05) is 32.8 Å². The third-order valence-corrected chi connectivity index (χ3v) is 7.64. The highest BCUT2D eigenvalue weighted by molar-refractivity contribution is 7.89. The van der Waals surface area contributed by atoms with Gasteiger partial charge in [0.15, 0.2) is 0 Å². The SMILES string of the molecule is CCCCOCCCNC(=O)C1CCN(S(=O)(=O)c2c(C)cc(C)cc2C)CC1. The molecule has 1 aromatic rings. The Hall–Kier alpha value is -1.44. The Kier molecular flexibility index (Phi) is 9.11. The number of nitrogens with zero attached hydrogens (tertiary/aromatic N) is 1. The van der Waals surface area contributed by atoms with Crippen molar-refractivity contribution in [2.45, 2.75) is 64.7 Å². The first-order chi connectivity index (χ1) is 13.8. The van der Waals surface area contributed by atoms with Crippen molar-refractivity contribution in [1.82, 2.24) is 9.62 Å². The van der Waals surface area contributed by atoms with Gasteiger partial charge in [-0.15, -0.1) is 0 Å². The van der Waals surface area contributed by atoms with Gasteiger partial charge in [0.25, 0.3) is 0 Å². The van der Waals surface area contributed by atoms with Crippen molar-refractivity contribution in [1.29, 1.82) is 0 Å². The number of hydrogen-bond acceptors (Lipinski definition) is 4. The minimum atomic E-state index is -3.54. The summed E-state index contributed by atoms with van der Waals surface area (Å²) in [5.41, 5.74) is 2.62. The summed E-state index contributed by atoms with van der Waals surface area (Å²) in [4.78, 5) is 12.8. The molecule has 0 unspecified atom stereocenters. The number of ether oxygens (including phenoxy) is 1. The van der Waals surface area contributed by atoms with Crippen molar-refractivity contribution in [3.63, 3.8) is 0 Å². The molecule has 1 N–H and O–H groups in total. The Morgan fingerprint density at radius 2 is 1.69 bits per heavy atom. The lowest BCUT2D eigenvalue weighted by Gasteiger charge is -2.31. The van der Waals surface area contributed by atoms with Crippen molar-refractivity contribution >= 4 is 15.9 Å². The van der Waals surface area contributed by atoms with Crippen LogP contribution in [0.15, 0.2) is 17.0 Å². The third kappa shape index (κ3) is 6.52. The van der Waals surface area contributed by atoms with E-state index in [1.54, 1.807) is 0 Å². The minimum absolute atomic E-state index is 0.0262. The van der Waals surface area contributed by atoms with Crippen LogP contribution in [0.2, 0.25) is 0 Å². The molecule has 29 heavy (non-hydrogen) atoms. The molecule has 0 bridgehead atoms. The van der Waals surface area contributed by atoms with Crippen molar-refractivity contribution in [3.8, 4) is 0 Å². The maximum absolute atomic E-state index is 13.1. The molecule has 1 heterocycles. The van der Waals surface area contributed by atoms with Gasteiger partial charge in [-0.2, -0.15) is 4.31 Å². The molecule has 7 heteroatoms. The highest BCUT2D eigenvalue weighted by Gasteiger charge is 2.33. The Labute approximate surface area is 176 Å². The van der Waals surface area contributed by atoms with Gasteiger partial charge in [0, 0.05) is 38.8 Å². The zero-order valence-electron chi connectivity index (χ0n) is 18.3. The fraction of sp³-hybridized carbons (Fsp3) is 0.682. The molecule has 0 atom stereocenters. The van der Waals surface area contributed by atoms with Crippen LogP contribution < -0.4 is 5.32 Å². The minimum Gasteiger partial charge on any atom is -0.381 e. The number of amides is 1. The highest BCUT2D eigenvalue weighted by atomic mass is 32.2. The molecule has 1 aliphatic heterocycles. The van der Waals surface area contributed by atoms with Gasteiger partial charge in [0.1, 0.15) is 0 Å². The van der Waals surface area contributed by atoms with Crippen LogP contribution in [-0.2, 0) is 19.6 Å². The summed E-state index contributed by atoms with van der Waals surface area (Å²) in [5, 5.41) is 2.97. The van der Waals surface area contributed by atoms with Crippen molar-refractivity contribution in [3.05, 3.63) is 28.8 Å². The van der Waals surface area contributed by atoms with E-state index in [0.717, 1.165) is 42.6 Å². The first kappa shape index (κ1) is 23.8. The highest BCUT2D eigenvalue weighted by Crippen LogP contribution is 2.28. The predicted octanol–water partition coefficient (Wildman–Crippen LogP) is 3.34. The summed E-state index contributed by atoms with van der Waals surface area (Å²) >= 11 is 0. The monoisotopic (exact) mass is 424 g/mol. The van der Waals surface area contributed by atoms with Gasteiger partial charge in [0.2, 0.25) is 15.9 Å². The quantitative estimate of drug-likeness (QED) is 0.585. The standard InChI is InChI=1S/C22H36N2O4S/c1-5-6-13-28-14-7-10-23-22(25)20-8-11-24(12-9-20)29(26,27)21-18(3)15-17(2)16-19(21)4/h15-16,20H,5-14H2,1-4H3,(H,23,25). The number of aryl methyl sites for hydroxylation is 3. The largest absolute Gasteiger partial charge is 0.381 e. The van der Waals surface area contributed by atoms with Crippen LogP contribution in [0.1, 0.15) is 55.7 Å². The summed E-state index contributed by atoms with van der Waals surface area (Å²) in [6.45, 7) is 10.6. The van der Waals surface area contributed by atoms with E-state index in [4.69, 9.17) is 4.74 Å². The first-order valence-corrected chi connectivity index (χ1v) is 12.1. The lowest BCUT2D eigenvalue weighted by atomic mass is 9.97. The number of unbranched alkanes of at least 4 members (excludes halogenated alkanes) is 1. The first-order valence-electron chi connectivity index (χ1n) is 10.7.